The molecule has 2 nitrogen and oxygen atoms in total. The third-order valence-corrected chi connectivity index (χ3v) is 7.40. The van der Waals surface area contributed by atoms with E-state index in [-0.39, 0.29) is 23.7 Å². The van der Waals surface area contributed by atoms with Crippen molar-refractivity contribution >= 4 is 13.8 Å². The third kappa shape index (κ3) is 7.13. The standard InChI is InChI=1S/C18H11F10NOP.C5H5.Fe/c19-15(20,21)17(25,26)31(18(27,28)16(22,23)24)13-8-4-7-11(13)14-29-12(9-30-14)10-5-2-1-3-6-10;1-2-4-5-3-1;/h1-8,12H,9H2;1-5H;/q;;+2/t12-;;/m1../s1. The largest absolute Gasteiger partial charge is 2.00 e. The van der Waals surface area contributed by atoms with E-state index in [1.54, 1.807) is 30.3 Å². The number of benzene rings is 1. The Morgan fingerprint density at radius 2 is 1.19 bits per heavy atom. The summed E-state index contributed by atoms with van der Waals surface area (Å²) in [4.78, 5) is 3.98. The number of alkyl halides is 10. The van der Waals surface area contributed by atoms with Crippen LogP contribution in [-0.4, -0.2) is 36.2 Å². The minimum atomic E-state index is -6.65. The maximum atomic E-state index is 14.0. The Hall–Kier alpha value is -1.06. The Balaban J connectivity index is 0.000000716. The molecular formula is C23H16F10FeNOP+2. The monoisotopic (exact) mass is 599 g/mol. The molecule has 200 valence electrons. The average molecular weight is 599 g/mol. The van der Waals surface area contributed by atoms with Crippen LogP contribution in [0.15, 0.2) is 35.3 Å². The summed E-state index contributed by atoms with van der Waals surface area (Å²) < 4.78 is 139. The summed E-state index contributed by atoms with van der Waals surface area (Å²) in [6.07, 6.45) is -1.31. The van der Waals surface area contributed by atoms with E-state index >= 15 is 0 Å². The Morgan fingerprint density at radius 1 is 0.703 bits per heavy atom. The van der Waals surface area contributed by atoms with E-state index in [4.69, 9.17) is 4.74 Å². The van der Waals surface area contributed by atoms with Crippen molar-refractivity contribution in [1.82, 2.24) is 0 Å². The van der Waals surface area contributed by atoms with Crippen LogP contribution in [0.5, 0.6) is 0 Å². The maximum Gasteiger partial charge on any atom is 2.00 e. The van der Waals surface area contributed by atoms with E-state index in [2.05, 4.69) is 4.99 Å². The number of rotatable bonds is 5. The van der Waals surface area contributed by atoms with Crippen molar-refractivity contribution in [2.75, 3.05) is 6.61 Å². The molecule has 0 N–H and O–H groups in total. The first kappa shape index (κ1) is 32.2. The van der Waals surface area contributed by atoms with Gasteiger partial charge in [-0.1, -0.05) is 30.3 Å². The first-order valence-corrected chi connectivity index (χ1v) is 11.4. The molecule has 0 aromatic heterocycles. The Bertz CT molecular complexity index is 856. The predicted octanol–water partition coefficient (Wildman–Crippen LogP) is 7.70. The second-order valence-corrected chi connectivity index (χ2v) is 9.65. The molecule has 1 aromatic rings. The third-order valence-electron chi connectivity index (χ3n) is 4.90. The number of nitrogens with zero attached hydrogens (tertiary/aromatic N) is 1. The maximum absolute atomic E-state index is 14.0. The van der Waals surface area contributed by atoms with E-state index in [0.717, 1.165) is 12.8 Å². The van der Waals surface area contributed by atoms with Gasteiger partial charge in [0.05, 0.1) is 13.8 Å². The van der Waals surface area contributed by atoms with Gasteiger partial charge in [0, 0.05) is 5.66 Å². The number of aliphatic imine (C=N–C) groups is 1. The summed E-state index contributed by atoms with van der Waals surface area (Å²) >= 11 is 0. The van der Waals surface area contributed by atoms with Crippen molar-refractivity contribution in [3.8, 4) is 0 Å². The van der Waals surface area contributed by atoms with Gasteiger partial charge in [-0.15, -0.1) is 0 Å². The molecule has 0 spiro atoms. The molecule has 0 saturated heterocycles. The summed E-state index contributed by atoms with van der Waals surface area (Å²) in [5.41, 5.74) is -13.6. The number of halogens is 10. The number of hydrogen-bond donors (Lipinski definition) is 0. The predicted molar refractivity (Wildman–Crippen MR) is 112 cm³/mol. The average Bonchev–Trinajstić information content (AvgIpc) is 3.55. The zero-order valence-corrected chi connectivity index (χ0v) is 20.2. The molecular weight excluding hydrogens is 583 g/mol. The van der Waals surface area contributed by atoms with Crippen LogP contribution < -0.4 is 0 Å². The van der Waals surface area contributed by atoms with E-state index in [9.17, 15) is 43.9 Å². The Labute approximate surface area is 219 Å². The van der Waals surface area contributed by atoms with Gasteiger partial charge in [0.25, 0.3) is 0 Å². The molecule has 3 aliphatic rings. The zero-order chi connectivity index (χ0) is 26.8. The SMILES string of the molecule is FC(F)(F)C(F)(F)P([C]1[CH][CH][CH][C]1C1=N[C@@H](c2ccccc2)CO1)C(F)(F)C(F)(F)F.[CH]1[CH][CH][CH][CH]1.[Fe+2]. The first-order valence-electron chi connectivity index (χ1n) is 10.1. The van der Waals surface area contributed by atoms with Crippen molar-refractivity contribution in [3.63, 3.8) is 0 Å². The van der Waals surface area contributed by atoms with Gasteiger partial charge in [-0.3, -0.25) is 0 Å². The molecule has 4 rings (SSSR count). The van der Waals surface area contributed by atoms with Crippen molar-refractivity contribution in [1.29, 1.82) is 0 Å². The number of ether oxygens (including phenoxy) is 1. The van der Waals surface area contributed by atoms with Gasteiger partial charge < -0.3 is 4.74 Å². The van der Waals surface area contributed by atoms with Gasteiger partial charge in [-0.05, 0) is 56.9 Å². The van der Waals surface area contributed by atoms with E-state index in [1.807, 2.05) is 32.1 Å². The summed E-state index contributed by atoms with van der Waals surface area (Å²) in [5, 5.41) is 0. The van der Waals surface area contributed by atoms with Crippen molar-refractivity contribution in [2.45, 2.75) is 29.7 Å². The van der Waals surface area contributed by atoms with E-state index in [0.29, 0.717) is 12.0 Å². The van der Waals surface area contributed by atoms with Crippen molar-refractivity contribution in [2.24, 2.45) is 4.99 Å². The molecule has 0 unspecified atom stereocenters. The minimum absolute atomic E-state index is 0. The molecule has 2 fully saturated rings. The molecule has 37 heavy (non-hydrogen) atoms. The Morgan fingerprint density at radius 3 is 1.65 bits per heavy atom. The molecule has 1 aliphatic heterocycles. The molecule has 1 atom stereocenters. The van der Waals surface area contributed by atoms with Crippen LogP contribution in [0.4, 0.5) is 43.9 Å². The summed E-state index contributed by atoms with van der Waals surface area (Å²) in [7, 11) is -5.46. The zero-order valence-electron chi connectivity index (χ0n) is 18.2. The van der Waals surface area contributed by atoms with Crippen LogP contribution in [0, 0.1) is 62.9 Å². The molecule has 1 heterocycles. The van der Waals surface area contributed by atoms with Gasteiger partial charge >= 0.3 is 40.7 Å². The molecule has 0 bridgehead atoms. The topological polar surface area (TPSA) is 21.6 Å². The summed E-state index contributed by atoms with van der Waals surface area (Å²) in [6, 6.07) is 7.40. The fourth-order valence-corrected chi connectivity index (χ4v) is 5.32. The van der Waals surface area contributed by atoms with Crippen molar-refractivity contribution in [3.05, 3.63) is 98.8 Å². The molecule has 1 aromatic carbocycles. The van der Waals surface area contributed by atoms with E-state index in [1.165, 1.54) is 0 Å². The molecule has 10 radical (unpaired) electrons. The first-order chi connectivity index (χ1) is 16.7. The Kier molecular flexibility index (Phi) is 10.8. The summed E-state index contributed by atoms with van der Waals surface area (Å²) in [5.74, 6) is -1.35. The number of hydrogen-bond acceptors (Lipinski definition) is 2. The quantitative estimate of drug-likeness (QED) is 0.193. The normalized spacial score (nSPS) is 21.8. The summed E-state index contributed by atoms with van der Waals surface area (Å²) in [6.45, 7) is -0.201. The fourth-order valence-electron chi connectivity index (χ4n) is 3.21. The van der Waals surface area contributed by atoms with Gasteiger partial charge in [-0.2, -0.15) is 43.9 Å². The van der Waals surface area contributed by atoms with Crippen LogP contribution in [0.2, 0.25) is 0 Å². The second kappa shape index (κ2) is 12.4. The molecule has 2 saturated carbocycles. The van der Waals surface area contributed by atoms with Gasteiger partial charge in [0.1, 0.15) is 12.6 Å². The fraction of sp³-hybridized carbons (Fsp3) is 0.261. The smallest absolute Gasteiger partial charge is 0.478 e. The second-order valence-electron chi connectivity index (χ2n) is 7.37. The van der Waals surface area contributed by atoms with Gasteiger partial charge in [-0.25, -0.2) is 4.99 Å². The van der Waals surface area contributed by atoms with E-state index < -0.39 is 55.1 Å². The van der Waals surface area contributed by atoms with Crippen LogP contribution in [-0.2, 0) is 21.8 Å². The van der Waals surface area contributed by atoms with Crippen LogP contribution in [0.3, 0.4) is 0 Å². The van der Waals surface area contributed by atoms with Crippen molar-refractivity contribution < 1.29 is 65.7 Å². The molecule has 0 amide bonds. The van der Waals surface area contributed by atoms with Crippen LogP contribution >= 0.6 is 7.92 Å². The molecule has 2 aliphatic carbocycles. The minimum Gasteiger partial charge on any atom is -0.478 e. The van der Waals surface area contributed by atoms with Gasteiger partial charge in [0.15, 0.2) is 5.90 Å². The molecule has 14 heteroatoms. The van der Waals surface area contributed by atoms with Crippen LogP contribution in [0.1, 0.15) is 11.6 Å². The van der Waals surface area contributed by atoms with Crippen LogP contribution in [0.25, 0.3) is 0 Å². The van der Waals surface area contributed by atoms with Gasteiger partial charge in [0.2, 0.25) is 0 Å².